The van der Waals surface area contributed by atoms with Crippen LogP contribution in [0.4, 0.5) is 0 Å². The summed E-state index contributed by atoms with van der Waals surface area (Å²) in [7, 11) is 1.52. The molecule has 27 heavy (non-hydrogen) atoms. The number of carboxylic acids is 1. The van der Waals surface area contributed by atoms with E-state index in [2.05, 4.69) is 5.32 Å². The van der Waals surface area contributed by atoms with Crippen LogP contribution in [0.3, 0.4) is 0 Å². The molecule has 2 N–H and O–H groups in total. The molecular formula is C20H25NO6. The van der Waals surface area contributed by atoms with Crippen LogP contribution in [0.1, 0.15) is 42.9 Å². The highest BCUT2D eigenvalue weighted by Crippen LogP contribution is 2.30. The first kappa shape index (κ1) is 20.5. The molecule has 0 aliphatic carbocycles. The summed E-state index contributed by atoms with van der Waals surface area (Å²) in [6.07, 6.45) is 1.60. The number of nitrogens with one attached hydrogen (secondary N) is 1. The second-order valence-corrected chi connectivity index (χ2v) is 6.61. The monoisotopic (exact) mass is 375 g/mol. The summed E-state index contributed by atoms with van der Waals surface area (Å²) < 4.78 is 10.8. The summed E-state index contributed by atoms with van der Waals surface area (Å²) in [4.78, 5) is 36.0. The third-order valence-electron chi connectivity index (χ3n) is 4.52. The zero-order chi connectivity index (χ0) is 20.1. The van der Waals surface area contributed by atoms with Gasteiger partial charge in [-0.3, -0.25) is 4.79 Å². The summed E-state index contributed by atoms with van der Waals surface area (Å²) in [5, 5.41) is 12.4. The van der Waals surface area contributed by atoms with Gasteiger partial charge in [0.1, 0.15) is 17.4 Å². The fraction of sp³-hybridized carbons (Fsp3) is 0.450. The van der Waals surface area contributed by atoms with Crippen molar-refractivity contribution in [1.29, 1.82) is 0 Å². The second kappa shape index (κ2) is 8.70. The molecule has 146 valence electrons. The molecule has 7 heteroatoms. The lowest BCUT2D eigenvalue weighted by Gasteiger charge is -2.15. The maximum Gasteiger partial charge on any atom is 0.340 e. The number of carbonyl (C=O) groups is 2. The Balaban J connectivity index is 2.35. The number of rotatable bonds is 8. The molecule has 0 bridgehead atoms. The van der Waals surface area contributed by atoms with E-state index in [4.69, 9.17) is 9.15 Å². The molecule has 0 aliphatic rings. The zero-order valence-corrected chi connectivity index (χ0v) is 16.0. The Bertz CT molecular complexity index is 915. The van der Waals surface area contributed by atoms with Gasteiger partial charge in [-0.15, -0.1) is 0 Å². The summed E-state index contributed by atoms with van der Waals surface area (Å²) in [6.45, 7) is 5.53. The lowest BCUT2D eigenvalue weighted by Crippen LogP contribution is -2.42. The van der Waals surface area contributed by atoms with E-state index >= 15 is 0 Å². The van der Waals surface area contributed by atoms with E-state index in [1.54, 1.807) is 13.0 Å². The van der Waals surface area contributed by atoms with Crippen LogP contribution in [0.15, 0.2) is 21.3 Å². The molecule has 7 nitrogen and oxygen atoms in total. The van der Waals surface area contributed by atoms with Crippen molar-refractivity contribution in [2.24, 2.45) is 0 Å². The lowest BCUT2D eigenvalue weighted by molar-refractivity contribution is -0.142. The number of aryl methyl sites for hydroxylation is 2. The molecule has 1 atom stereocenters. The highest BCUT2D eigenvalue weighted by Gasteiger charge is 2.22. The van der Waals surface area contributed by atoms with Crippen molar-refractivity contribution < 1.29 is 23.8 Å². The standard InChI is InChI=1S/C20H25NO6/c1-5-6-7-14(19(23)24)21-17(22)10-13-12(3)18-15(26-4)8-11(2)9-16(18)27-20(13)25/h8-9,14H,5-7,10H2,1-4H3,(H,21,22)(H,23,24)/t14-/m1/s1. The maximum absolute atomic E-state index is 12.4. The molecule has 0 fully saturated rings. The fourth-order valence-corrected chi connectivity index (χ4v) is 3.07. The molecule has 2 aromatic rings. The number of benzene rings is 1. The molecule has 0 saturated heterocycles. The van der Waals surface area contributed by atoms with Gasteiger partial charge in [-0.05, 0) is 43.5 Å². The van der Waals surface area contributed by atoms with Crippen molar-refractivity contribution in [3.8, 4) is 5.75 Å². The molecule has 2 rings (SSSR count). The highest BCUT2D eigenvalue weighted by atomic mass is 16.5. The largest absolute Gasteiger partial charge is 0.496 e. The van der Waals surface area contributed by atoms with Crippen LogP contribution in [-0.2, 0) is 16.0 Å². The van der Waals surface area contributed by atoms with Gasteiger partial charge in [0.2, 0.25) is 5.91 Å². The topological polar surface area (TPSA) is 106 Å². The number of ether oxygens (including phenoxy) is 1. The minimum atomic E-state index is -1.09. The maximum atomic E-state index is 12.4. The highest BCUT2D eigenvalue weighted by molar-refractivity contribution is 5.90. The minimum absolute atomic E-state index is 0.196. The summed E-state index contributed by atoms with van der Waals surface area (Å²) in [5.74, 6) is -1.06. The molecule has 0 unspecified atom stereocenters. The van der Waals surface area contributed by atoms with Crippen molar-refractivity contribution in [2.45, 2.75) is 52.5 Å². The molecule has 0 saturated carbocycles. The summed E-state index contributed by atoms with van der Waals surface area (Å²) >= 11 is 0. The molecule has 1 amide bonds. The van der Waals surface area contributed by atoms with E-state index < -0.39 is 23.5 Å². The fourth-order valence-electron chi connectivity index (χ4n) is 3.07. The van der Waals surface area contributed by atoms with E-state index in [-0.39, 0.29) is 12.0 Å². The minimum Gasteiger partial charge on any atom is -0.496 e. The third-order valence-corrected chi connectivity index (χ3v) is 4.52. The van der Waals surface area contributed by atoms with E-state index in [9.17, 15) is 19.5 Å². The normalized spacial score (nSPS) is 12.0. The second-order valence-electron chi connectivity index (χ2n) is 6.61. The van der Waals surface area contributed by atoms with Crippen LogP contribution in [-0.4, -0.2) is 30.1 Å². The van der Waals surface area contributed by atoms with Crippen LogP contribution in [0.2, 0.25) is 0 Å². The third kappa shape index (κ3) is 4.67. The number of hydrogen-bond acceptors (Lipinski definition) is 5. The number of unbranched alkanes of at least 4 members (excludes halogenated alkanes) is 1. The first-order valence-corrected chi connectivity index (χ1v) is 8.91. The Morgan fingerprint density at radius 3 is 2.59 bits per heavy atom. The van der Waals surface area contributed by atoms with Gasteiger partial charge >= 0.3 is 11.6 Å². The van der Waals surface area contributed by atoms with Crippen LogP contribution >= 0.6 is 0 Å². The molecule has 1 aromatic carbocycles. The number of hydrogen-bond donors (Lipinski definition) is 2. The Hall–Kier alpha value is -2.83. The van der Waals surface area contributed by atoms with Gasteiger partial charge in [0.15, 0.2) is 0 Å². The molecular weight excluding hydrogens is 350 g/mol. The van der Waals surface area contributed by atoms with Crippen LogP contribution in [0, 0.1) is 13.8 Å². The average molecular weight is 375 g/mol. The van der Waals surface area contributed by atoms with Crippen molar-refractivity contribution in [3.63, 3.8) is 0 Å². The number of fused-ring (bicyclic) bond motifs is 1. The van der Waals surface area contributed by atoms with Gasteiger partial charge in [-0.1, -0.05) is 19.8 Å². The lowest BCUT2D eigenvalue weighted by atomic mass is 10.0. The van der Waals surface area contributed by atoms with Gasteiger partial charge in [-0.25, -0.2) is 9.59 Å². The predicted molar refractivity (Wildman–Crippen MR) is 101 cm³/mol. The van der Waals surface area contributed by atoms with Crippen molar-refractivity contribution in [1.82, 2.24) is 5.32 Å². The van der Waals surface area contributed by atoms with Crippen LogP contribution < -0.4 is 15.7 Å². The SMILES string of the molecule is CCCC[C@@H](NC(=O)Cc1c(C)c2c(OC)cc(C)cc2oc1=O)C(=O)O. The first-order valence-electron chi connectivity index (χ1n) is 8.91. The number of carbonyl (C=O) groups excluding carboxylic acids is 1. The molecule has 0 aliphatic heterocycles. The Morgan fingerprint density at radius 1 is 1.30 bits per heavy atom. The van der Waals surface area contributed by atoms with E-state index in [0.29, 0.717) is 35.1 Å². The van der Waals surface area contributed by atoms with E-state index in [0.717, 1.165) is 12.0 Å². The van der Waals surface area contributed by atoms with Crippen LogP contribution in [0.25, 0.3) is 11.0 Å². The number of methoxy groups -OCH3 is 1. The quantitative estimate of drug-likeness (QED) is 0.687. The zero-order valence-electron chi connectivity index (χ0n) is 16.0. The summed E-state index contributed by atoms with van der Waals surface area (Å²) in [5.41, 5.74) is 1.45. The Kier molecular flexibility index (Phi) is 6.60. The van der Waals surface area contributed by atoms with Gasteiger partial charge in [0, 0.05) is 0 Å². The molecule has 1 heterocycles. The van der Waals surface area contributed by atoms with Crippen LogP contribution in [0.5, 0.6) is 5.75 Å². The smallest absolute Gasteiger partial charge is 0.340 e. The van der Waals surface area contributed by atoms with Crippen molar-refractivity contribution in [2.75, 3.05) is 7.11 Å². The van der Waals surface area contributed by atoms with E-state index in [1.807, 2.05) is 19.9 Å². The number of aliphatic carboxylic acids is 1. The predicted octanol–water partition coefficient (Wildman–Crippen LogP) is 2.72. The molecule has 1 aromatic heterocycles. The molecule has 0 radical (unpaired) electrons. The van der Waals surface area contributed by atoms with Crippen molar-refractivity contribution in [3.05, 3.63) is 39.2 Å². The summed E-state index contributed by atoms with van der Waals surface area (Å²) in [6, 6.07) is 2.59. The van der Waals surface area contributed by atoms with Gasteiger partial charge in [0.25, 0.3) is 0 Å². The van der Waals surface area contributed by atoms with Crippen molar-refractivity contribution >= 4 is 22.8 Å². The Labute approximate surface area is 157 Å². The molecule has 0 spiro atoms. The van der Waals surface area contributed by atoms with Gasteiger partial charge in [-0.2, -0.15) is 0 Å². The number of carboxylic acid groups (broad SMARTS) is 1. The number of amides is 1. The van der Waals surface area contributed by atoms with Gasteiger partial charge < -0.3 is 19.6 Å². The Morgan fingerprint density at radius 2 is 2.00 bits per heavy atom. The van der Waals surface area contributed by atoms with E-state index in [1.165, 1.54) is 7.11 Å². The average Bonchev–Trinajstić information content (AvgIpc) is 2.60. The van der Waals surface area contributed by atoms with Gasteiger partial charge in [0.05, 0.1) is 24.5 Å². The first-order chi connectivity index (χ1) is 12.8.